The van der Waals surface area contributed by atoms with Gasteiger partial charge < -0.3 is 4.48 Å². The van der Waals surface area contributed by atoms with E-state index in [0.29, 0.717) is 0 Å². The van der Waals surface area contributed by atoms with Crippen LogP contribution in [0.15, 0.2) is 35.2 Å². The molecule has 0 aliphatic rings. The van der Waals surface area contributed by atoms with E-state index >= 15 is 0 Å². The number of nitrogens with zero attached hydrogens (tertiary/aromatic N) is 1. The molecule has 0 aliphatic carbocycles. The molecule has 0 fully saturated rings. The molecule has 0 saturated heterocycles. The Labute approximate surface area is 264 Å². The maximum absolute atomic E-state index is 11.9. The Morgan fingerprint density at radius 2 is 0.833 bits per heavy atom. The van der Waals surface area contributed by atoms with Crippen LogP contribution in [0.3, 0.4) is 0 Å². The second kappa shape index (κ2) is 28.8. The first-order chi connectivity index (χ1) is 20.2. The lowest BCUT2D eigenvalue weighted by atomic mass is 10.0. The summed E-state index contributed by atoms with van der Waals surface area (Å²) in [5, 5.41) is 0. The van der Waals surface area contributed by atoms with Crippen molar-refractivity contribution in [2.75, 3.05) is 34.3 Å². The van der Waals surface area contributed by atoms with Gasteiger partial charge in [-0.1, -0.05) is 167 Å². The quantitative estimate of drug-likeness (QED) is 0.0538. The number of hydrogen-bond acceptors (Lipinski definition) is 3. The zero-order valence-corrected chi connectivity index (χ0v) is 29.7. The van der Waals surface area contributed by atoms with Crippen molar-refractivity contribution in [1.82, 2.24) is 0 Å². The first-order valence-corrected chi connectivity index (χ1v) is 19.4. The Morgan fingerprint density at radius 1 is 0.500 bits per heavy atom. The van der Waals surface area contributed by atoms with Crippen molar-refractivity contribution in [1.29, 1.82) is 0 Å². The lowest BCUT2D eigenvalue weighted by Gasteiger charge is -2.23. The van der Waals surface area contributed by atoms with Crippen molar-refractivity contribution in [3.63, 3.8) is 0 Å². The highest BCUT2D eigenvalue weighted by atomic mass is 32.2. The van der Waals surface area contributed by atoms with Crippen LogP contribution in [-0.2, 0) is 14.3 Å². The fourth-order valence-corrected chi connectivity index (χ4v) is 6.16. The van der Waals surface area contributed by atoms with E-state index in [4.69, 9.17) is 4.18 Å². The van der Waals surface area contributed by atoms with Crippen molar-refractivity contribution in [2.24, 2.45) is 0 Å². The monoisotopic (exact) mass is 611 g/mol. The summed E-state index contributed by atoms with van der Waals surface area (Å²) in [5.41, 5.74) is 0. The van der Waals surface area contributed by atoms with Crippen molar-refractivity contribution >= 4 is 10.1 Å². The highest BCUT2D eigenvalue weighted by Crippen LogP contribution is 2.15. The highest BCUT2D eigenvalue weighted by molar-refractivity contribution is 7.86. The van der Waals surface area contributed by atoms with Crippen molar-refractivity contribution in [3.8, 4) is 0 Å². The molecule has 0 atom stereocenters. The first kappa shape index (κ1) is 41.1. The third-order valence-corrected chi connectivity index (χ3v) is 9.28. The Morgan fingerprint density at radius 3 is 1.19 bits per heavy atom. The van der Waals surface area contributed by atoms with Gasteiger partial charge in [0.25, 0.3) is 10.1 Å². The van der Waals surface area contributed by atoms with Crippen LogP contribution >= 0.6 is 0 Å². The number of quaternary nitrogens is 1. The van der Waals surface area contributed by atoms with E-state index in [1.807, 2.05) is 0 Å². The third-order valence-electron chi connectivity index (χ3n) is 7.95. The molecule has 248 valence electrons. The zero-order chi connectivity index (χ0) is 31.2. The van der Waals surface area contributed by atoms with Crippen molar-refractivity contribution < 1.29 is 17.1 Å². The minimum absolute atomic E-state index is 0.238. The van der Waals surface area contributed by atoms with Gasteiger partial charge in [-0.25, -0.2) is 0 Å². The van der Waals surface area contributed by atoms with Gasteiger partial charge in [-0.2, -0.15) is 8.42 Å². The largest absolute Gasteiger partial charge is 0.331 e. The van der Waals surface area contributed by atoms with Gasteiger partial charge in [0.05, 0.1) is 39.2 Å². The summed E-state index contributed by atoms with van der Waals surface area (Å²) in [5.74, 6) is 0. The molecule has 0 saturated carbocycles. The molecule has 0 heterocycles. The molecule has 0 aliphatic heterocycles. The van der Waals surface area contributed by atoms with E-state index in [9.17, 15) is 8.42 Å². The van der Waals surface area contributed by atoms with Crippen LogP contribution in [0, 0.1) is 0 Å². The first-order valence-electron chi connectivity index (χ1n) is 18.0. The van der Waals surface area contributed by atoms with Crippen LogP contribution in [0.5, 0.6) is 0 Å². The van der Waals surface area contributed by atoms with Gasteiger partial charge in [-0.15, -0.1) is 0 Å². The Bertz CT molecular complexity index is 774. The molecule has 42 heavy (non-hydrogen) atoms. The van der Waals surface area contributed by atoms with Gasteiger partial charge in [0, 0.05) is 0 Å². The predicted molar refractivity (Wildman–Crippen MR) is 185 cm³/mol. The summed E-state index contributed by atoms with van der Waals surface area (Å²) >= 11 is 0. The molecule has 0 radical (unpaired) electrons. The van der Waals surface area contributed by atoms with Gasteiger partial charge >= 0.3 is 0 Å². The number of unbranched alkanes of at least 4 members (excludes halogenated alkanes) is 22. The standard InChI is InChI=1S/C19H42N.C18H30O3S/c1-5-6-7-8-9-10-11-12-13-14-15-16-17-18-19-20(2,3)4;1-2-3-4-5-6-7-8-9-10-14-17-21-22(19,20)18-15-12-11-13-16-18/h5-19H2,1-4H3;11-13,15-16H,2-10,14,17H2,1H3/q+1;. The minimum Gasteiger partial charge on any atom is -0.331 e. The summed E-state index contributed by atoms with van der Waals surface area (Å²) in [6, 6.07) is 8.33. The van der Waals surface area contributed by atoms with Gasteiger partial charge in [0.2, 0.25) is 0 Å². The van der Waals surface area contributed by atoms with Gasteiger partial charge in [0.15, 0.2) is 0 Å². The summed E-state index contributed by atoms with van der Waals surface area (Å²) in [6.45, 7) is 6.15. The fraction of sp³-hybridized carbons (Fsp3) is 0.838. The third kappa shape index (κ3) is 29.2. The van der Waals surface area contributed by atoms with E-state index in [0.717, 1.165) is 17.3 Å². The molecule has 0 amide bonds. The van der Waals surface area contributed by atoms with Crippen LogP contribution in [0.1, 0.15) is 168 Å². The summed E-state index contributed by atoms with van der Waals surface area (Å²) in [7, 11) is 3.31. The van der Waals surface area contributed by atoms with E-state index in [-0.39, 0.29) is 11.5 Å². The maximum atomic E-state index is 11.9. The van der Waals surface area contributed by atoms with Crippen LogP contribution < -0.4 is 0 Å². The lowest BCUT2D eigenvalue weighted by molar-refractivity contribution is -0.870. The molecule has 5 heteroatoms. The minimum atomic E-state index is -3.57. The lowest BCUT2D eigenvalue weighted by Crippen LogP contribution is -2.35. The molecule has 0 spiro atoms. The van der Waals surface area contributed by atoms with Crippen LogP contribution in [-0.4, -0.2) is 47.2 Å². The Hall–Kier alpha value is -0.910. The smallest absolute Gasteiger partial charge is 0.296 e. The van der Waals surface area contributed by atoms with Gasteiger partial charge in [0.1, 0.15) is 0 Å². The summed E-state index contributed by atoms with van der Waals surface area (Å²) in [4.78, 5) is 0.238. The highest BCUT2D eigenvalue weighted by Gasteiger charge is 2.13. The Balaban J connectivity index is 0.000000805. The SMILES string of the molecule is CCCCCCCCCCCCCCCC[N+](C)(C)C.CCCCCCCCCCCCOS(=O)(=O)c1ccccc1. The molecule has 4 nitrogen and oxygen atoms in total. The summed E-state index contributed by atoms with van der Waals surface area (Å²) in [6.07, 6.45) is 32.6. The van der Waals surface area contributed by atoms with Crippen LogP contribution in [0.25, 0.3) is 0 Å². The molecule has 1 aromatic rings. The molecule has 0 N–H and O–H groups in total. The number of benzene rings is 1. The predicted octanol–water partition coefficient (Wildman–Crippen LogP) is 11.5. The average molecular weight is 611 g/mol. The topological polar surface area (TPSA) is 43.4 Å². The van der Waals surface area contributed by atoms with E-state index in [1.54, 1.807) is 30.3 Å². The average Bonchev–Trinajstić information content (AvgIpc) is 2.96. The molecule has 0 bridgehead atoms. The van der Waals surface area contributed by atoms with E-state index < -0.39 is 10.1 Å². The van der Waals surface area contributed by atoms with Gasteiger partial charge in [-0.3, -0.25) is 4.18 Å². The Kier molecular flexibility index (Phi) is 28.2. The number of rotatable bonds is 28. The van der Waals surface area contributed by atoms with Gasteiger partial charge in [-0.05, 0) is 31.4 Å². The van der Waals surface area contributed by atoms with Crippen LogP contribution in [0.4, 0.5) is 0 Å². The summed E-state index contributed by atoms with van der Waals surface area (Å²) < 4.78 is 29.9. The maximum Gasteiger partial charge on any atom is 0.296 e. The fourth-order valence-electron chi connectivity index (χ4n) is 5.19. The molecular formula is C37H72NO3S+. The molecule has 1 aromatic carbocycles. The number of hydrogen-bond donors (Lipinski definition) is 0. The molecule has 0 unspecified atom stereocenters. The van der Waals surface area contributed by atoms with E-state index in [1.165, 1.54) is 148 Å². The van der Waals surface area contributed by atoms with Crippen LogP contribution in [0.2, 0.25) is 0 Å². The van der Waals surface area contributed by atoms with Crippen molar-refractivity contribution in [3.05, 3.63) is 30.3 Å². The van der Waals surface area contributed by atoms with E-state index in [2.05, 4.69) is 35.0 Å². The molecule has 1 rings (SSSR count). The second-order valence-corrected chi connectivity index (χ2v) is 15.0. The second-order valence-electron chi connectivity index (χ2n) is 13.4. The molecular weight excluding hydrogens is 538 g/mol. The normalized spacial score (nSPS) is 11.8. The van der Waals surface area contributed by atoms with Crippen molar-refractivity contribution in [2.45, 2.75) is 173 Å². The molecule has 0 aromatic heterocycles. The zero-order valence-electron chi connectivity index (χ0n) is 28.9.